The Hall–Kier alpha value is -1.10. The average Bonchev–Trinajstić information content (AvgIpc) is 2.75. The highest BCUT2D eigenvalue weighted by atomic mass is 16.5. The third-order valence-corrected chi connectivity index (χ3v) is 6.28. The molecule has 1 aromatic rings. The van der Waals surface area contributed by atoms with E-state index in [1.807, 2.05) is 18.2 Å². The highest BCUT2D eigenvalue weighted by Gasteiger charge is 2.29. The molecule has 28 heavy (non-hydrogen) atoms. The predicted octanol–water partition coefficient (Wildman–Crippen LogP) is 5.06. The quantitative estimate of drug-likeness (QED) is 0.495. The van der Waals surface area contributed by atoms with Crippen LogP contribution < -0.4 is 4.74 Å². The van der Waals surface area contributed by atoms with Gasteiger partial charge in [0.15, 0.2) is 0 Å². The van der Waals surface area contributed by atoms with Crippen molar-refractivity contribution in [3.8, 4) is 5.75 Å². The maximum absolute atomic E-state index is 6.14. The van der Waals surface area contributed by atoms with Gasteiger partial charge in [0.05, 0.1) is 6.10 Å². The highest BCUT2D eigenvalue weighted by Crippen LogP contribution is 2.28. The van der Waals surface area contributed by atoms with Crippen LogP contribution in [0.2, 0.25) is 0 Å². The van der Waals surface area contributed by atoms with Crippen molar-refractivity contribution in [3.63, 3.8) is 0 Å². The zero-order valence-electron chi connectivity index (χ0n) is 17.7. The van der Waals surface area contributed by atoms with E-state index < -0.39 is 0 Å². The summed E-state index contributed by atoms with van der Waals surface area (Å²) in [5, 5.41) is 0. The van der Waals surface area contributed by atoms with E-state index in [9.17, 15) is 0 Å². The van der Waals surface area contributed by atoms with Gasteiger partial charge >= 0.3 is 0 Å². The first kappa shape index (κ1) is 21.6. The van der Waals surface area contributed by atoms with Crippen LogP contribution in [0.5, 0.6) is 5.75 Å². The monoisotopic (exact) mass is 389 g/mol. The zero-order valence-corrected chi connectivity index (χ0v) is 17.7. The first-order valence-electron chi connectivity index (χ1n) is 11.4. The summed E-state index contributed by atoms with van der Waals surface area (Å²) in [6.07, 6.45) is 13.1. The van der Waals surface area contributed by atoms with E-state index in [4.69, 9.17) is 14.2 Å². The Kier molecular flexibility index (Phi) is 9.61. The van der Waals surface area contributed by atoms with Crippen LogP contribution in [0.1, 0.15) is 64.2 Å². The molecule has 0 amide bonds. The zero-order chi connectivity index (χ0) is 19.4. The lowest BCUT2D eigenvalue weighted by atomic mass is 9.90. The molecule has 0 N–H and O–H groups in total. The summed E-state index contributed by atoms with van der Waals surface area (Å²) in [6, 6.07) is 11.0. The summed E-state index contributed by atoms with van der Waals surface area (Å²) >= 11 is 0. The standard InChI is InChI=1S/C24H39NO3/c1-26-19-7-2-3-8-20-27-22-13-11-21(12-14-22)25-17-15-24(16-18-25)28-23-9-5-4-6-10-23/h4-6,9-10,21-22,24H,2-3,7-8,11-20H2,1H3. The van der Waals surface area contributed by atoms with Crippen molar-refractivity contribution in [1.82, 2.24) is 4.90 Å². The number of ether oxygens (including phenoxy) is 3. The normalized spacial score (nSPS) is 24.3. The number of hydrogen-bond donors (Lipinski definition) is 0. The van der Waals surface area contributed by atoms with Crippen LogP contribution in [0, 0.1) is 0 Å². The largest absolute Gasteiger partial charge is 0.490 e. The van der Waals surface area contributed by atoms with Crippen LogP contribution >= 0.6 is 0 Å². The molecule has 0 spiro atoms. The minimum atomic E-state index is 0.377. The van der Waals surface area contributed by atoms with E-state index in [0.717, 1.165) is 37.8 Å². The van der Waals surface area contributed by atoms with Gasteiger partial charge in [-0.25, -0.2) is 0 Å². The molecule has 4 nitrogen and oxygen atoms in total. The van der Waals surface area contributed by atoms with Gasteiger partial charge in [-0.05, 0) is 63.5 Å². The molecule has 0 radical (unpaired) electrons. The van der Waals surface area contributed by atoms with E-state index in [2.05, 4.69) is 17.0 Å². The highest BCUT2D eigenvalue weighted by molar-refractivity contribution is 5.21. The minimum Gasteiger partial charge on any atom is -0.490 e. The Bertz CT molecular complexity index is 508. The smallest absolute Gasteiger partial charge is 0.119 e. The van der Waals surface area contributed by atoms with E-state index in [0.29, 0.717) is 12.2 Å². The van der Waals surface area contributed by atoms with Crippen molar-refractivity contribution >= 4 is 0 Å². The Morgan fingerprint density at radius 2 is 1.46 bits per heavy atom. The van der Waals surface area contributed by atoms with Crippen LogP contribution in [0.3, 0.4) is 0 Å². The Balaban J connectivity index is 1.24. The number of benzene rings is 1. The molecule has 0 atom stereocenters. The fourth-order valence-corrected chi connectivity index (χ4v) is 4.58. The molecule has 4 heteroatoms. The second kappa shape index (κ2) is 12.5. The van der Waals surface area contributed by atoms with E-state index in [1.165, 1.54) is 64.5 Å². The van der Waals surface area contributed by atoms with Crippen molar-refractivity contribution in [2.75, 3.05) is 33.4 Å². The second-order valence-electron chi connectivity index (χ2n) is 8.37. The topological polar surface area (TPSA) is 30.9 Å². The third-order valence-electron chi connectivity index (χ3n) is 6.28. The maximum Gasteiger partial charge on any atom is 0.119 e. The molecule has 1 aliphatic carbocycles. The van der Waals surface area contributed by atoms with Gasteiger partial charge in [-0.1, -0.05) is 31.0 Å². The summed E-state index contributed by atoms with van der Waals surface area (Å²) in [7, 11) is 1.78. The molecular formula is C24H39NO3. The van der Waals surface area contributed by atoms with Gasteiger partial charge in [0.25, 0.3) is 0 Å². The van der Waals surface area contributed by atoms with Crippen LogP contribution in [-0.2, 0) is 9.47 Å². The van der Waals surface area contributed by atoms with Gasteiger partial charge in [0.1, 0.15) is 11.9 Å². The van der Waals surface area contributed by atoms with Crippen LogP contribution in [0.15, 0.2) is 30.3 Å². The molecule has 1 aromatic carbocycles. The molecule has 1 saturated carbocycles. The molecule has 2 fully saturated rings. The van der Waals surface area contributed by atoms with E-state index >= 15 is 0 Å². The average molecular weight is 390 g/mol. The number of rotatable bonds is 11. The number of nitrogens with zero attached hydrogens (tertiary/aromatic N) is 1. The summed E-state index contributed by atoms with van der Waals surface area (Å²) in [6.45, 7) is 4.18. The van der Waals surface area contributed by atoms with Crippen molar-refractivity contribution in [3.05, 3.63) is 30.3 Å². The molecule has 2 aliphatic rings. The number of piperidine rings is 1. The summed E-state index contributed by atoms with van der Waals surface area (Å²) in [5.41, 5.74) is 0. The lowest BCUT2D eigenvalue weighted by molar-refractivity contribution is -0.00422. The van der Waals surface area contributed by atoms with E-state index in [1.54, 1.807) is 7.11 Å². The molecule has 1 heterocycles. The summed E-state index contributed by atoms with van der Waals surface area (Å²) < 4.78 is 17.4. The van der Waals surface area contributed by atoms with Gasteiger partial charge in [-0.2, -0.15) is 0 Å². The van der Waals surface area contributed by atoms with Gasteiger partial charge in [-0.3, -0.25) is 0 Å². The van der Waals surface area contributed by atoms with Crippen molar-refractivity contribution < 1.29 is 14.2 Å². The number of para-hydroxylation sites is 1. The van der Waals surface area contributed by atoms with Crippen LogP contribution in [0.25, 0.3) is 0 Å². The minimum absolute atomic E-state index is 0.377. The summed E-state index contributed by atoms with van der Waals surface area (Å²) in [4.78, 5) is 2.71. The molecule has 0 bridgehead atoms. The number of methoxy groups -OCH3 is 1. The fourth-order valence-electron chi connectivity index (χ4n) is 4.58. The lowest BCUT2D eigenvalue weighted by Crippen LogP contribution is -2.46. The van der Waals surface area contributed by atoms with Crippen molar-refractivity contribution in [1.29, 1.82) is 0 Å². The second-order valence-corrected chi connectivity index (χ2v) is 8.37. The molecular weight excluding hydrogens is 350 g/mol. The number of unbranched alkanes of at least 4 members (excludes halogenated alkanes) is 3. The Morgan fingerprint density at radius 1 is 0.786 bits per heavy atom. The first-order chi connectivity index (χ1) is 13.8. The lowest BCUT2D eigenvalue weighted by Gasteiger charge is -2.40. The first-order valence-corrected chi connectivity index (χ1v) is 11.4. The number of likely N-dealkylation sites (tertiary alicyclic amines) is 1. The van der Waals surface area contributed by atoms with E-state index in [-0.39, 0.29) is 0 Å². The maximum atomic E-state index is 6.14. The molecule has 0 unspecified atom stereocenters. The number of hydrogen-bond acceptors (Lipinski definition) is 4. The third kappa shape index (κ3) is 7.38. The van der Waals surface area contributed by atoms with Crippen LogP contribution in [0.4, 0.5) is 0 Å². The van der Waals surface area contributed by atoms with Gasteiger partial charge in [0, 0.05) is 39.5 Å². The molecule has 158 valence electrons. The molecule has 3 rings (SSSR count). The van der Waals surface area contributed by atoms with Gasteiger partial charge < -0.3 is 19.1 Å². The summed E-state index contributed by atoms with van der Waals surface area (Å²) in [5.74, 6) is 1.01. The SMILES string of the molecule is COCCCCCCOC1CCC(N2CCC(Oc3ccccc3)CC2)CC1. The molecule has 1 aliphatic heterocycles. The van der Waals surface area contributed by atoms with Crippen LogP contribution in [-0.4, -0.2) is 56.6 Å². The fraction of sp³-hybridized carbons (Fsp3) is 0.750. The van der Waals surface area contributed by atoms with Crippen molar-refractivity contribution in [2.24, 2.45) is 0 Å². The van der Waals surface area contributed by atoms with Crippen molar-refractivity contribution in [2.45, 2.75) is 82.5 Å². The predicted molar refractivity (Wildman–Crippen MR) is 114 cm³/mol. The molecule has 0 aromatic heterocycles. The van der Waals surface area contributed by atoms with Gasteiger partial charge in [-0.15, -0.1) is 0 Å². The Labute approximate surface area is 171 Å². The molecule has 1 saturated heterocycles. The Morgan fingerprint density at radius 3 is 2.14 bits per heavy atom. The van der Waals surface area contributed by atoms with Gasteiger partial charge in [0.2, 0.25) is 0 Å².